The molecule has 2 bridgehead atoms. The molecule has 0 aromatic rings. The van der Waals surface area contributed by atoms with Gasteiger partial charge in [0.05, 0.1) is 5.41 Å². The molecule has 2 fully saturated rings. The molecule has 0 aromatic carbocycles. The highest BCUT2D eigenvalue weighted by Gasteiger charge is 2.44. The van der Waals surface area contributed by atoms with Crippen molar-refractivity contribution in [2.75, 3.05) is 6.54 Å². The summed E-state index contributed by atoms with van der Waals surface area (Å²) in [5.74, 6) is -0.219. The van der Waals surface area contributed by atoms with Gasteiger partial charge in [0.25, 0.3) is 0 Å². The maximum atomic E-state index is 12.3. The molecule has 1 N–H and O–H groups in total. The van der Waals surface area contributed by atoms with E-state index in [0.29, 0.717) is 12.0 Å². The lowest BCUT2D eigenvalue weighted by molar-refractivity contribution is -0.156. The Morgan fingerprint density at radius 2 is 2.06 bits per heavy atom. The molecule has 0 aromatic heterocycles. The van der Waals surface area contributed by atoms with Gasteiger partial charge in [-0.25, -0.2) is 0 Å². The summed E-state index contributed by atoms with van der Waals surface area (Å²) >= 11 is 0. The maximum Gasteiger partial charge on any atom is 0.310 e. The molecule has 1 aliphatic heterocycles. The Balaban J connectivity index is 2.04. The number of piperidine rings is 1. The average Bonchev–Trinajstić information content (AvgIpc) is 2.89. The van der Waals surface area contributed by atoms with Crippen molar-refractivity contribution in [3.8, 4) is 0 Å². The van der Waals surface area contributed by atoms with Gasteiger partial charge in [0.15, 0.2) is 0 Å². The zero-order valence-corrected chi connectivity index (χ0v) is 11.5. The Kier molecular flexibility index (Phi) is 3.39. The second-order valence-corrected chi connectivity index (χ2v) is 6.43. The third-order valence-electron chi connectivity index (χ3n) is 5.01. The summed E-state index contributed by atoms with van der Waals surface area (Å²) in [6.07, 6.45) is 3.58. The van der Waals surface area contributed by atoms with Gasteiger partial charge in [-0.15, -0.1) is 0 Å². The molecule has 2 aliphatic rings. The molecule has 1 heterocycles. The third kappa shape index (κ3) is 2.13. The molecular formula is C14H23NO3. The monoisotopic (exact) mass is 253 g/mol. The topological polar surface area (TPSA) is 57.6 Å². The van der Waals surface area contributed by atoms with E-state index in [9.17, 15) is 14.7 Å². The number of hydrogen-bond donors (Lipinski definition) is 1. The van der Waals surface area contributed by atoms with Crippen molar-refractivity contribution < 1.29 is 14.7 Å². The molecule has 1 aliphatic carbocycles. The lowest BCUT2D eigenvalue weighted by atomic mass is 9.76. The van der Waals surface area contributed by atoms with Gasteiger partial charge >= 0.3 is 5.97 Å². The van der Waals surface area contributed by atoms with Crippen LogP contribution in [0.5, 0.6) is 0 Å². The van der Waals surface area contributed by atoms with Crippen LogP contribution in [0.25, 0.3) is 0 Å². The molecule has 2 rings (SSSR count). The standard InChI is InChI=1S/C14H23NO3/c1-9(2)14(3,13(17)18)7-12(16)15-8-10-4-5-11(15)6-10/h9-11H,4-8H2,1-3H3,(H,17,18). The van der Waals surface area contributed by atoms with E-state index in [1.165, 1.54) is 6.42 Å². The molecule has 1 saturated heterocycles. The Morgan fingerprint density at radius 3 is 2.44 bits per heavy atom. The van der Waals surface area contributed by atoms with Gasteiger partial charge in [-0.1, -0.05) is 13.8 Å². The van der Waals surface area contributed by atoms with E-state index in [-0.39, 0.29) is 18.2 Å². The van der Waals surface area contributed by atoms with Crippen LogP contribution in [-0.4, -0.2) is 34.5 Å². The minimum Gasteiger partial charge on any atom is -0.481 e. The van der Waals surface area contributed by atoms with Gasteiger partial charge in [0.2, 0.25) is 5.91 Å². The number of carbonyl (C=O) groups is 2. The smallest absolute Gasteiger partial charge is 0.310 e. The first kappa shape index (κ1) is 13.4. The second kappa shape index (κ2) is 4.56. The number of aliphatic carboxylic acids is 1. The number of rotatable bonds is 4. The number of carboxylic acid groups (broad SMARTS) is 1. The number of carbonyl (C=O) groups excluding carboxylic acids is 1. The van der Waals surface area contributed by atoms with Crippen LogP contribution in [0, 0.1) is 17.3 Å². The van der Waals surface area contributed by atoms with E-state index in [0.717, 1.165) is 19.4 Å². The van der Waals surface area contributed by atoms with Gasteiger partial charge < -0.3 is 10.0 Å². The first-order valence-corrected chi connectivity index (χ1v) is 6.87. The van der Waals surface area contributed by atoms with E-state index in [2.05, 4.69) is 0 Å². The van der Waals surface area contributed by atoms with Crippen LogP contribution in [0.3, 0.4) is 0 Å². The van der Waals surface area contributed by atoms with Crippen molar-refractivity contribution in [1.82, 2.24) is 4.90 Å². The fourth-order valence-corrected chi connectivity index (χ4v) is 3.17. The Labute approximate surface area is 108 Å². The van der Waals surface area contributed by atoms with Crippen LogP contribution in [-0.2, 0) is 9.59 Å². The lowest BCUT2D eigenvalue weighted by Gasteiger charge is -2.33. The molecule has 3 unspecified atom stereocenters. The molecule has 0 spiro atoms. The predicted octanol–water partition coefficient (Wildman–Crippen LogP) is 2.13. The summed E-state index contributed by atoms with van der Waals surface area (Å²) in [7, 11) is 0. The first-order chi connectivity index (χ1) is 8.34. The number of nitrogens with zero attached hydrogens (tertiary/aromatic N) is 1. The minimum absolute atomic E-state index is 0.0285. The zero-order chi connectivity index (χ0) is 13.5. The Bertz CT molecular complexity index is 366. The highest BCUT2D eigenvalue weighted by atomic mass is 16.4. The summed E-state index contributed by atoms with van der Waals surface area (Å²) < 4.78 is 0. The van der Waals surface area contributed by atoms with Crippen LogP contribution in [0.2, 0.25) is 0 Å². The van der Waals surface area contributed by atoms with Crippen molar-refractivity contribution in [2.45, 2.75) is 52.5 Å². The highest BCUT2D eigenvalue weighted by molar-refractivity contribution is 5.85. The highest BCUT2D eigenvalue weighted by Crippen LogP contribution is 2.39. The molecule has 0 radical (unpaired) electrons. The van der Waals surface area contributed by atoms with Gasteiger partial charge in [-0.2, -0.15) is 0 Å². The first-order valence-electron chi connectivity index (χ1n) is 6.87. The van der Waals surface area contributed by atoms with Crippen molar-refractivity contribution in [2.24, 2.45) is 17.3 Å². The summed E-state index contributed by atoms with van der Waals surface area (Å²) in [6.45, 7) is 6.28. The number of hydrogen-bond acceptors (Lipinski definition) is 2. The molecule has 18 heavy (non-hydrogen) atoms. The molecule has 1 saturated carbocycles. The number of carboxylic acids is 1. The van der Waals surface area contributed by atoms with Crippen molar-refractivity contribution in [3.05, 3.63) is 0 Å². The van der Waals surface area contributed by atoms with Gasteiger partial charge in [0.1, 0.15) is 0 Å². The van der Waals surface area contributed by atoms with E-state index < -0.39 is 11.4 Å². The van der Waals surface area contributed by atoms with Crippen molar-refractivity contribution in [3.63, 3.8) is 0 Å². The fraction of sp³-hybridized carbons (Fsp3) is 0.857. The second-order valence-electron chi connectivity index (χ2n) is 6.43. The zero-order valence-electron chi connectivity index (χ0n) is 11.5. The third-order valence-corrected chi connectivity index (χ3v) is 5.01. The van der Waals surface area contributed by atoms with Gasteiger partial charge in [-0.05, 0) is 38.0 Å². The van der Waals surface area contributed by atoms with E-state index in [4.69, 9.17) is 0 Å². The van der Waals surface area contributed by atoms with E-state index in [1.807, 2.05) is 18.7 Å². The predicted molar refractivity (Wildman–Crippen MR) is 68.0 cm³/mol. The van der Waals surface area contributed by atoms with Crippen LogP contribution in [0.15, 0.2) is 0 Å². The lowest BCUT2D eigenvalue weighted by Crippen LogP contribution is -2.43. The van der Waals surface area contributed by atoms with Crippen molar-refractivity contribution >= 4 is 11.9 Å². The minimum atomic E-state index is -0.946. The summed E-state index contributed by atoms with van der Waals surface area (Å²) in [4.78, 5) is 25.7. The summed E-state index contributed by atoms with van der Waals surface area (Å²) in [5, 5.41) is 9.36. The molecule has 4 heteroatoms. The largest absolute Gasteiger partial charge is 0.481 e. The Morgan fingerprint density at radius 1 is 1.39 bits per heavy atom. The average molecular weight is 253 g/mol. The maximum absolute atomic E-state index is 12.3. The van der Waals surface area contributed by atoms with Gasteiger partial charge in [-0.3, -0.25) is 9.59 Å². The van der Waals surface area contributed by atoms with E-state index in [1.54, 1.807) is 6.92 Å². The molecule has 4 nitrogen and oxygen atoms in total. The molecule has 102 valence electrons. The normalized spacial score (nSPS) is 29.7. The SMILES string of the molecule is CC(C)C(C)(CC(=O)N1CC2CCC1C2)C(=O)O. The van der Waals surface area contributed by atoms with Crippen LogP contribution in [0.4, 0.5) is 0 Å². The van der Waals surface area contributed by atoms with Gasteiger partial charge in [0, 0.05) is 19.0 Å². The molecular weight excluding hydrogens is 230 g/mol. The fourth-order valence-electron chi connectivity index (χ4n) is 3.17. The number of amides is 1. The number of likely N-dealkylation sites (tertiary alicyclic amines) is 1. The van der Waals surface area contributed by atoms with E-state index >= 15 is 0 Å². The van der Waals surface area contributed by atoms with Crippen molar-refractivity contribution in [1.29, 1.82) is 0 Å². The van der Waals surface area contributed by atoms with Crippen LogP contribution in [0.1, 0.15) is 46.5 Å². The number of fused-ring (bicyclic) bond motifs is 2. The summed E-state index contributed by atoms with van der Waals surface area (Å²) in [6, 6.07) is 0.382. The molecule has 1 amide bonds. The van der Waals surface area contributed by atoms with Crippen LogP contribution < -0.4 is 0 Å². The summed E-state index contributed by atoms with van der Waals surface area (Å²) in [5.41, 5.74) is -0.946. The molecule has 3 atom stereocenters. The Hall–Kier alpha value is -1.06. The van der Waals surface area contributed by atoms with Crippen LogP contribution >= 0.6 is 0 Å². The quantitative estimate of drug-likeness (QED) is 0.835.